The van der Waals surface area contributed by atoms with Gasteiger partial charge in [0, 0.05) is 27.6 Å². The van der Waals surface area contributed by atoms with Gasteiger partial charge in [0.2, 0.25) is 0 Å². The summed E-state index contributed by atoms with van der Waals surface area (Å²) >= 11 is 0. The van der Waals surface area contributed by atoms with Gasteiger partial charge in [-0.2, -0.15) is 0 Å². The summed E-state index contributed by atoms with van der Waals surface area (Å²) in [5.74, 6) is 1.90. The molecule has 0 aliphatic heterocycles. The molecule has 2 aromatic heterocycles. The smallest absolute Gasteiger partial charge is 0.164 e. The fraction of sp³-hybridized carbons (Fsp3) is 0. The minimum absolute atomic E-state index is 0.627. The standard InChI is InChI=1S/C46H30N4/c1-5-14-31(15-6-1)35-22-13-23-37(28-35)45-48-44(34-20-11-4-12-21-34)49-46(50-45)38-24-26-39-36(29-38)25-27-41-43(39)40(32-16-7-2-8-17-32)30-42(47-41)33-18-9-3-10-19-33/h1-30H. The van der Waals surface area contributed by atoms with Crippen LogP contribution in [0.3, 0.4) is 0 Å². The van der Waals surface area contributed by atoms with Gasteiger partial charge in [-0.1, -0.05) is 158 Å². The van der Waals surface area contributed by atoms with Crippen molar-refractivity contribution in [3.8, 4) is 67.7 Å². The van der Waals surface area contributed by atoms with Gasteiger partial charge in [0.25, 0.3) is 0 Å². The van der Waals surface area contributed by atoms with E-state index in [9.17, 15) is 0 Å². The molecule has 0 radical (unpaired) electrons. The summed E-state index contributed by atoms with van der Waals surface area (Å²) < 4.78 is 0. The second kappa shape index (κ2) is 12.7. The van der Waals surface area contributed by atoms with E-state index >= 15 is 0 Å². The lowest BCUT2D eigenvalue weighted by Gasteiger charge is -2.14. The first-order valence-corrected chi connectivity index (χ1v) is 16.7. The van der Waals surface area contributed by atoms with E-state index in [0.717, 1.165) is 71.9 Å². The fourth-order valence-electron chi connectivity index (χ4n) is 6.63. The molecule has 0 saturated carbocycles. The molecule has 2 heterocycles. The van der Waals surface area contributed by atoms with Gasteiger partial charge >= 0.3 is 0 Å². The Kier molecular flexibility index (Phi) is 7.45. The van der Waals surface area contributed by atoms with Crippen molar-refractivity contribution in [2.45, 2.75) is 0 Å². The maximum atomic E-state index is 5.15. The molecule has 7 aromatic carbocycles. The van der Waals surface area contributed by atoms with Gasteiger partial charge in [0.1, 0.15) is 0 Å². The average Bonchev–Trinajstić information content (AvgIpc) is 3.21. The number of benzene rings is 7. The molecule has 0 spiro atoms. The molecule has 4 nitrogen and oxygen atoms in total. The Morgan fingerprint density at radius 2 is 0.820 bits per heavy atom. The van der Waals surface area contributed by atoms with Crippen molar-refractivity contribution in [3.63, 3.8) is 0 Å². The number of pyridine rings is 1. The molecule has 50 heavy (non-hydrogen) atoms. The van der Waals surface area contributed by atoms with Crippen LogP contribution in [0, 0.1) is 0 Å². The molecule has 0 aliphatic rings. The Morgan fingerprint density at radius 1 is 0.300 bits per heavy atom. The van der Waals surface area contributed by atoms with Gasteiger partial charge in [-0.05, 0) is 57.3 Å². The van der Waals surface area contributed by atoms with Crippen LogP contribution in [0.5, 0.6) is 0 Å². The third-order valence-corrected chi connectivity index (χ3v) is 9.10. The molecule has 0 N–H and O–H groups in total. The molecular weight excluding hydrogens is 609 g/mol. The van der Waals surface area contributed by atoms with Crippen molar-refractivity contribution in [1.29, 1.82) is 0 Å². The molecule has 0 unspecified atom stereocenters. The quantitative estimate of drug-likeness (QED) is 0.170. The first-order chi connectivity index (χ1) is 24.8. The molecule has 4 heteroatoms. The second-order valence-corrected chi connectivity index (χ2v) is 12.3. The van der Waals surface area contributed by atoms with Gasteiger partial charge in [-0.3, -0.25) is 0 Å². The van der Waals surface area contributed by atoms with E-state index in [0.29, 0.717) is 17.5 Å². The van der Waals surface area contributed by atoms with Crippen LogP contribution in [0.4, 0.5) is 0 Å². The van der Waals surface area contributed by atoms with Crippen LogP contribution in [-0.4, -0.2) is 19.9 Å². The van der Waals surface area contributed by atoms with Gasteiger partial charge in [0.05, 0.1) is 11.2 Å². The first-order valence-electron chi connectivity index (χ1n) is 16.7. The highest BCUT2D eigenvalue weighted by molar-refractivity contribution is 6.14. The van der Waals surface area contributed by atoms with Crippen LogP contribution in [0.15, 0.2) is 182 Å². The Labute approximate surface area is 290 Å². The monoisotopic (exact) mass is 638 g/mol. The number of hydrogen-bond donors (Lipinski definition) is 0. The van der Waals surface area contributed by atoms with Crippen molar-refractivity contribution in [2.24, 2.45) is 0 Å². The molecule has 234 valence electrons. The van der Waals surface area contributed by atoms with E-state index in [4.69, 9.17) is 19.9 Å². The highest BCUT2D eigenvalue weighted by Gasteiger charge is 2.16. The summed E-state index contributed by atoms with van der Waals surface area (Å²) in [6.45, 7) is 0. The molecule has 0 fully saturated rings. The van der Waals surface area contributed by atoms with E-state index < -0.39 is 0 Å². The lowest BCUT2D eigenvalue weighted by atomic mass is 9.94. The molecule has 0 amide bonds. The first kappa shape index (κ1) is 29.4. The Morgan fingerprint density at radius 3 is 1.48 bits per heavy atom. The van der Waals surface area contributed by atoms with E-state index in [1.807, 2.05) is 42.5 Å². The van der Waals surface area contributed by atoms with Crippen LogP contribution in [0.1, 0.15) is 0 Å². The van der Waals surface area contributed by atoms with Crippen LogP contribution in [-0.2, 0) is 0 Å². The maximum Gasteiger partial charge on any atom is 0.164 e. The summed E-state index contributed by atoms with van der Waals surface area (Å²) in [7, 11) is 0. The number of rotatable bonds is 6. The minimum Gasteiger partial charge on any atom is -0.248 e. The van der Waals surface area contributed by atoms with E-state index in [2.05, 4.69) is 140 Å². The minimum atomic E-state index is 0.627. The summed E-state index contributed by atoms with van der Waals surface area (Å²) in [5.41, 5.74) is 10.4. The SMILES string of the molecule is c1ccc(-c2cccc(-c3nc(-c4ccccc4)nc(-c4ccc5c(ccc6nc(-c7ccccc7)cc(-c7ccccc7)c65)c4)n3)c2)cc1. The number of nitrogens with zero attached hydrogens (tertiary/aromatic N) is 4. The number of aromatic nitrogens is 4. The summed E-state index contributed by atoms with van der Waals surface area (Å²) in [6.07, 6.45) is 0. The zero-order valence-corrected chi connectivity index (χ0v) is 27.1. The van der Waals surface area contributed by atoms with Crippen molar-refractivity contribution >= 4 is 21.7 Å². The molecular formula is C46H30N4. The zero-order chi connectivity index (χ0) is 33.3. The largest absolute Gasteiger partial charge is 0.248 e. The van der Waals surface area contributed by atoms with Crippen molar-refractivity contribution in [2.75, 3.05) is 0 Å². The molecule has 9 rings (SSSR count). The van der Waals surface area contributed by atoms with Crippen molar-refractivity contribution in [3.05, 3.63) is 182 Å². The number of fused-ring (bicyclic) bond motifs is 3. The van der Waals surface area contributed by atoms with Crippen molar-refractivity contribution in [1.82, 2.24) is 19.9 Å². The molecule has 9 aromatic rings. The van der Waals surface area contributed by atoms with Crippen molar-refractivity contribution < 1.29 is 0 Å². The van der Waals surface area contributed by atoms with E-state index in [1.54, 1.807) is 0 Å². The topological polar surface area (TPSA) is 51.6 Å². The Balaban J connectivity index is 1.21. The van der Waals surface area contributed by atoms with Crippen LogP contribution in [0.2, 0.25) is 0 Å². The third-order valence-electron chi connectivity index (χ3n) is 9.10. The second-order valence-electron chi connectivity index (χ2n) is 12.3. The highest BCUT2D eigenvalue weighted by atomic mass is 15.0. The van der Waals surface area contributed by atoms with Crippen LogP contribution < -0.4 is 0 Å². The predicted octanol–water partition coefficient (Wildman–Crippen LogP) is 11.6. The molecule has 0 aliphatic carbocycles. The lowest BCUT2D eigenvalue weighted by Crippen LogP contribution is -2.00. The lowest BCUT2D eigenvalue weighted by molar-refractivity contribution is 1.07. The Bertz CT molecular complexity index is 2620. The average molecular weight is 639 g/mol. The van der Waals surface area contributed by atoms with Crippen LogP contribution >= 0.6 is 0 Å². The van der Waals surface area contributed by atoms with Gasteiger partial charge in [0.15, 0.2) is 17.5 Å². The van der Waals surface area contributed by atoms with E-state index in [-0.39, 0.29) is 0 Å². The summed E-state index contributed by atoms with van der Waals surface area (Å²) in [6, 6.07) is 62.8. The van der Waals surface area contributed by atoms with Gasteiger partial charge < -0.3 is 0 Å². The third kappa shape index (κ3) is 5.59. The van der Waals surface area contributed by atoms with Gasteiger partial charge in [-0.25, -0.2) is 19.9 Å². The van der Waals surface area contributed by atoms with E-state index in [1.165, 1.54) is 0 Å². The van der Waals surface area contributed by atoms with Gasteiger partial charge in [-0.15, -0.1) is 0 Å². The van der Waals surface area contributed by atoms with Crippen LogP contribution in [0.25, 0.3) is 89.4 Å². The summed E-state index contributed by atoms with van der Waals surface area (Å²) in [4.78, 5) is 20.2. The zero-order valence-electron chi connectivity index (χ0n) is 27.1. The Hall–Kier alpha value is -6.78. The maximum absolute atomic E-state index is 5.15. The summed E-state index contributed by atoms with van der Waals surface area (Å²) in [5, 5.41) is 3.35. The fourth-order valence-corrected chi connectivity index (χ4v) is 6.63. The predicted molar refractivity (Wildman–Crippen MR) is 205 cm³/mol. The highest BCUT2D eigenvalue weighted by Crippen LogP contribution is 2.38. The molecule has 0 bridgehead atoms. The normalized spacial score (nSPS) is 11.2. The number of hydrogen-bond acceptors (Lipinski definition) is 4. The molecule has 0 atom stereocenters. The molecule has 0 saturated heterocycles.